The number of benzene rings is 3. The van der Waals surface area contributed by atoms with Crippen LogP contribution in [0.15, 0.2) is 66.2 Å². The fourth-order valence-corrected chi connectivity index (χ4v) is 3.27. The summed E-state index contributed by atoms with van der Waals surface area (Å²) in [4.78, 5) is 24.1. The largest absolute Gasteiger partial charge is 0.493 e. The first kappa shape index (κ1) is 24.3. The number of para-hydroxylation sites is 2. The number of methoxy groups -OCH3 is 1. The summed E-state index contributed by atoms with van der Waals surface area (Å²) in [6.45, 7) is -0.229. The summed E-state index contributed by atoms with van der Waals surface area (Å²) in [6.07, 6.45) is 1.26. The Balaban J connectivity index is 1.94. The monoisotopic (exact) mass is 480 g/mol. The highest BCUT2D eigenvalue weighted by molar-refractivity contribution is 6.31. The molecule has 0 atom stereocenters. The highest BCUT2D eigenvalue weighted by atomic mass is 35.5. The van der Waals surface area contributed by atoms with Gasteiger partial charge in [-0.3, -0.25) is 4.79 Å². The van der Waals surface area contributed by atoms with Crippen LogP contribution in [0.5, 0.6) is 11.5 Å². The van der Waals surface area contributed by atoms with E-state index in [4.69, 9.17) is 21.1 Å². The Morgan fingerprint density at radius 1 is 1.15 bits per heavy atom. The minimum Gasteiger partial charge on any atom is -0.493 e. The van der Waals surface area contributed by atoms with E-state index >= 15 is 0 Å². The minimum atomic E-state index is -1.23. The molecule has 9 heteroatoms. The van der Waals surface area contributed by atoms with E-state index in [1.165, 1.54) is 49.6 Å². The molecule has 0 fully saturated rings. The molecule has 34 heavy (non-hydrogen) atoms. The van der Waals surface area contributed by atoms with Gasteiger partial charge in [0.2, 0.25) is 0 Å². The van der Waals surface area contributed by atoms with Crippen molar-refractivity contribution >= 4 is 35.2 Å². The Morgan fingerprint density at radius 3 is 2.56 bits per heavy atom. The first-order chi connectivity index (χ1) is 16.3. The van der Waals surface area contributed by atoms with Crippen LogP contribution in [0.4, 0.5) is 10.1 Å². The number of anilines is 1. The first-order valence-electron chi connectivity index (χ1n) is 9.83. The number of nitriles is 1. The summed E-state index contributed by atoms with van der Waals surface area (Å²) < 4.78 is 25.3. The fourth-order valence-electron chi connectivity index (χ4n) is 3.05. The van der Waals surface area contributed by atoms with Crippen LogP contribution in [0.1, 0.15) is 21.5 Å². The zero-order chi connectivity index (χ0) is 24.7. The van der Waals surface area contributed by atoms with E-state index in [1.807, 2.05) is 0 Å². The van der Waals surface area contributed by atoms with Gasteiger partial charge in [0, 0.05) is 11.1 Å². The highest BCUT2D eigenvalue weighted by Gasteiger charge is 2.18. The van der Waals surface area contributed by atoms with Crippen LogP contribution < -0.4 is 14.8 Å². The molecule has 0 aromatic heterocycles. The summed E-state index contributed by atoms with van der Waals surface area (Å²) in [5.41, 5.74) is 0.0403. The number of carbonyl (C=O) groups excluding carboxylic acids is 1. The van der Waals surface area contributed by atoms with E-state index in [0.29, 0.717) is 5.56 Å². The van der Waals surface area contributed by atoms with Crippen molar-refractivity contribution in [1.82, 2.24) is 0 Å². The summed E-state index contributed by atoms with van der Waals surface area (Å²) in [7, 11) is 1.41. The molecule has 0 bridgehead atoms. The van der Waals surface area contributed by atoms with Gasteiger partial charge in [0.1, 0.15) is 24.1 Å². The number of ether oxygens (including phenoxy) is 2. The predicted molar refractivity (Wildman–Crippen MR) is 124 cm³/mol. The third-order valence-electron chi connectivity index (χ3n) is 4.72. The van der Waals surface area contributed by atoms with Gasteiger partial charge < -0.3 is 19.9 Å². The molecule has 0 aliphatic rings. The fraction of sp³-hybridized carbons (Fsp3) is 0.0800. The van der Waals surface area contributed by atoms with E-state index in [-0.39, 0.29) is 45.5 Å². The number of carboxylic acids is 1. The zero-order valence-electron chi connectivity index (χ0n) is 17.8. The van der Waals surface area contributed by atoms with Crippen LogP contribution in [0.2, 0.25) is 5.02 Å². The summed E-state index contributed by atoms with van der Waals surface area (Å²) in [5, 5.41) is 21.5. The van der Waals surface area contributed by atoms with Gasteiger partial charge in [-0.05, 0) is 36.4 Å². The van der Waals surface area contributed by atoms with Crippen molar-refractivity contribution in [3.63, 3.8) is 0 Å². The molecule has 0 spiro atoms. The lowest BCUT2D eigenvalue weighted by Crippen LogP contribution is -2.16. The van der Waals surface area contributed by atoms with Gasteiger partial charge in [-0.1, -0.05) is 41.9 Å². The van der Waals surface area contributed by atoms with E-state index in [0.717, 1.165) is 0 Å². The lowest BCUT2D eigenvalue weighted by Gasteiger charge is -2.15. The SMILES string of the molecule is COc1cccc(C=C(C#N)C(=O)Nc2ccccc2C(=O)O)c1OCc1c(F)cccc1Cl. The summed E-state index contributed by atoms with van der Waals surface area (Å²) in [5.74, 6) is -2.14. The zero-order valence-corrected chi connectivity index (χ0v) is 18.6. The molecule has 0 saturated heterocycles. The summed E-state index contributed by atoms with van der Waals surface area (Å²) in [6, 6.07) is 16.7. The smallest absolute Gasteiger partial charge is 0.337 e. The van der Waals surface area contributed by atoms with Crippen molar-refractivity contribution in [2.45, 2.75) is 6.61 Å². The maximum atomic E-state index is 14.2. The number of carboxylic acid groups (broad SMARTS) is 1. The molecular weight excluding hydrogens is 463 g/mol. The van der Waals surface area contributed by atoms with Gasteiger partial charge in [0.05, 0.1) is 23.4 Å². The van der Waals surface area contributed by atoms with Gasteiger partial charge in [-0.15, -0.1) is 0 Å². The number of hydrogen-bond donors (Lipinski definition) is 2. The predicted octanol–water partition coefficient (Wildman–Crippen LogP) is 5.31. The van der Waals surface area contributed by atoms with Crippen molar-refractivity contribution in [3.05, 3.63) is 93.8 Å². The normalized spacial score (nSPS) is 10.8. The molecule has 0 saturated carbocycles. The number of hydrogen-bond acceptors (Lipinski definition) is 5. The van der Waals surface area contributed by atoms with E-state index in [1.54, 1.807) is 30.3 Å². The van der Waals surface area contributed by atoms with Crippen LogP contribution in [0.3, 0.4) is 0 Å². The van der Waals surface area contributed by atoms with Crippen LogP contribution in [-0.4, -0.2) is 24.1 Å². The molecule has 2 N–H and O–H groups in total. The second-order valence-corrected chi connectivity index (χ2v) is 7.25. The number of nitrogens with zero attached hydrogens (tertiary/aromatic N) is 1. The second kappa shape index (κ2) is 11.0. The first-order valence-corrected chi connectivity index (χ1v) is 10.2. The molecule has 3 aromatic carbocycles. The van der Waals surface area contributed by atoms with Crippen molar-refractivity contribution in [2.24, 2.45) is 0 Å². The molecule has 1 amide bonds. The van der Waals surface area contributed by atoms with Crippen LogP contribution in [-0.2, 0) is 11.4 Å². The van der Waals surface area contributed by atoms with Crippen LogP contribution in [0, 0.1) is 17.1 Å². The summed E-state index contributed by atoms with van der Waals surface area (Å²) >= 11 is 6.07. The number of rotatable bonds is 8. The van der Waals surface area contributed by atoms with Crippen molar-refractivity contribution in [2.75, 3.05) is 12.4 Å². The van der Waals surface area contributed by atoms with Gasteiger partial charge in [-0.25, -0.2) is 9.18 Å². The van der Waals surface area contributed by atoms with E-state index in [9.17, 15) is 24.3 Å². The van der Waals surface area contributed by atoms with Crippen LogP contribution in [0.25, 0.3) is 6.08 Å². The molecular formula is C25H18ClFN2O5. The standard InChI is InChI=1S/C25H18ClFN2O5/c1-33-22-11-4-6-15(23(22)34-14-18-19(26)8-5-9-20(18)27)12-16(13-28)24(30)29-21-10-3-2-7-17(21)25(31)32/h2-12H,14H2,1H3,(H,29,30)(H,31,32). The van der Waals surface area contributed by atoms with E-state index in [2.05, 4.69) is 5.32 Å². The van der Waals surface area contributed by atoms with Gasteiger partial charge in [0.25, 0.3) is 5.91 Å². The lowest BCUT2D eigenvalue weighted by molar-refractivity contribution is -0.112. The molecule has 0 aliphatic carbocycles. The third-order valence-corrected chi connectivity index (χ3v) is 5.08. The molecule has 0 unspecified atom stereocenters. The quantitative estimate of drug-likeness (QED) is 0.334. The van der Waals surface area contributed by atoms with E-state index < -0.39 is 17.7 Å². The average molecular weight is 481 g/mol. The Morgan fingerprint density at radius 2 is 1.88 bits per heavy atom. The third kappa shape index (κ3) is 5.52. The number of amides is 1. The molecule has 0 radical (unpaired) electrons. The van der Waals surface area contributed by atoms with Crippen molar-refractivity contribution in [3.8, 4) is 17.6 Å². The number of halogens is 2. The van der Waals surface area contributed by atoms with Crippen LogP contribution >= 0.6 is 11.6 Å². The van der Waals surface area contributed by atoms with Gasteiger partial charge in [-0.2, -0.15) is 5.26 Å². The maximum absolute atomic E-state index is 14.2. The van der Waals surface area contributed by atoms with Crippen molar-refractivity contribution < 1.29 is 28.6 Å². The Bertz CT molecular complexity index is 1300. The lowest BCUT2D eigenvalue weighted by atomic mass is 10.1. The highest BCUT2D eigenvalue weighted by Crippen LogP contribution is 2.34. The number of carbonyl (C=O) groups is 2. The molecule has 3 rings (SSSR count). The Labute approximate surface area is 199 Å². The van der Waals surface area contributed by atoms with Crippen molar-refractivity contribution in [1.29, 1.82) is 5.26 Å². The molecule has 172 valence electrons. The molecule has 0 heterocycles. The second-order valence-electron chi connectivity index (χ2n) is 6.84. The molecule has 0 aliphatic heterocycles. The molecule has 7 nitrogen and oxygen atoms in total. The van der Waals surface area contributed by atoms with Gasteiger partial charge in [0.15, 0.2) is 11.5 Å². The number of aromatic carboxylic acids is 1. The maximum Gasteiger partial charge on any atom is 0.337 e. The van der Waals surface area contributed by atoms with Gasteiger partial charge >= 0.3 is 5.97 Å². The average Bonchev–Trinajstić information content (AvgIpc) is 2.82. The number of nitrogens with one attached hydrogen (secondary N) is 1. The molecule has 3 aromatic rings. The Hall–Kier alpha value is -4.35. The Kier molecular flexibility index (Phi) is 7.85. The minimum absolute atomic E-state index is 0.0393. The topological polar surface area (TPSA) is 109 Å².